The Kier molecular flexibility index (Phi) is 13.6. The van der Waals surface area contributed by atoms with Crippen LogP contribution in [-0.2, 0) is 30.4 Å². The number of nitrogens with zero attached hydrogens (tertiary/aromatic N) is 2. The zero-order valence-electron chi connectivity index (χ0n) is 26.6. The minimum Gasteiger partial charge on any atom is -0.357 e. The van der Waals surface area contributed by atoms with Crippen molar-refractivity contribution in [3.8, 4) is 0 Å². The molecule has 3 unspecified atom stereocenters. The predicted molar refractivity (Wildman–Crippen MR) is 182 cm³/mol. The van der Waals surface area contributed by atoms with Gasteiger partial charge in [0.2, 0.25) is 17.7 Å². The Morgan fingerprint density at radius 1 is 0.891 bits per heavy atom. The maximum Gasteiger partial charge on any atom is 0.261 e. The van der Waals surface area contributed by atoms with Gasteiger partial charge in [-0.25, -0.2) is 0 Å². The highest BCUT2D eigenvalue weighted by Gasteiger charge is 2.39. The molecule has 5 rings (SSSR count). The molecule has 246 valence electrons. The molecule has 5 amide bonds. The maximum absolute atomic E-state index is 13.6. The molecule has 10 heteroatoms. The number of fused-ring (bicyclic) bond motifs is 1. The van der Waals surface area contributed by atoms with Crippen molar-refractivity contribution in [2.45, 2.75) is 87.5 Å². The van der Waals surface area contributed by atoms with E-state index < -0.39 is 16.9 Å². The number of likely N-dealkylation sites (N-methyl/N-ethyl adjacent to an activating group) is 1. The van der Waals surface area contributed by atoms with Gasteiger partial charge in [-0.1, -0.05) is 89.1 Å². The first-order valence-electron chi connectivity index (χ1n) is 16.4. The molecule has 4 aliphatic rings. The van der Waals surface area contributed by atoms with Gasteiger partial charge < -0.3 is 15.5 Å². The number of unbranched alkanes of at least 4 members (excludes halogenated alkanes) is 1. The summed E-state index contributed by atoms with van der Waals surface area (Å²) in [6.45, 7) is 0.766. The minimum absolute atomic E-state index is 0.232. The van der Waals surface area contributed by atoms with Crippen LogP contribution in [0.3, 0.4) is 0 Å². The van der Waals surface area contributed by atoms with Crippen molar-refractivity contribution < 1.29 is 24.0 Å². The van der Waals surface area contributed by atoms with Crippen LogP contribution >= 0.6 is 15.9 Å². The van der Waals surface area contributed by atoms with Crippen LogP contribution in [0.2, 0.25) is 0 Å². The Hall–Kier alpha value is -3.79. The van der Waals surface area contributed by atoms with Gasteiger partial charge in [0, 0.05) is 37.7 Å². The van der Waals surface area contributed by atoms with Crippen LogP contribution in [0.25, 0.3) is 0 Å². The fourth-order valence-corrected chi connectivity index (χ4v) is 6.51. The van der Waals surface area contributed by atoms with E-state index in [0.29, 0.717) is 56.3 Å². The Bertz CT molecular complexity index is 1340. The number of halogens is 1. The maximum atomic E-state index is 13.6. The van der Waals surface area contributed by atoms with E-state index in [-0.39, 0.29) is 29.5 Å². The molecule has 1 aromatic carbocycles. The molecular weight excluding hydrogens is 648 g/mol. The fraction of sp³-hybridized carbons (Fsp3) is 0.472. The van der Waals surface area contributed by atoms with Gasteiger partial charge in [0.1, 0.15) is 12.1 Å². The quantitative estimate of drug-likeness (QED) is 0.199. The summed E-state index contributed by atoms with van der Waals surface area (Å²) in [4.78, 5) is 66.9. The highest BCUT2D eigenvalue weighted by atomic mass is 79.9. The third kappa shape index (κ3) is 9.37. The molecule has 3 atom stereocenters. The number of rotatable bonds is 11. The Balaban J connectivity index is 0.000000717. The van der Waals surface area contributed by atoms with Crippen molar-refractivity contribution in [3.05, 3.63) is 83.5 Å². The molecule has 0 spiro atoms. The van der Waals surface area contributed by atoms with Crippen molar-refractivity contribution in [2.75, 3.05) is 20.1 Å². The van der Waals surface area contributed by atoms with E-state index >= 15 is 0 Å². The Morgan fingerprint density at radius 3 is 2.13 bits per heavy atom. The average molecular weight is 694 g/mol. The topological polar surface area (TPSA) is 116 Å². The number of hydrogen-bond donors (Lipinski definition) is 2. The second kappa shape index (κ2) is 17.8. The lowest BCUT2D eigenvalue weighted by molar-refractivity contribution is -0.142. The summed E-state index contributed by atoms with van der Waals surface area (Å²) < 4.78 is 0. The normalized spacial score (nSPS) is 20.5. The number of allylic oxidation sites excluding steroid dienone is 6. The van der Waals surface area contributed by atoms with Crippen molar-refractivity contribution in [1.29, 1.82) is 0 Å². The SMILES string of the molecule is C1=CCCC=C1.CNC(=O)C(Cc1ccccc1)N1CCCCC(NC(=O)C(Br)CCCCN2C(=O)C3=CCCC=C3C2=O)C1=O. The summed E-state index contributed by atoms with van der Waals surface area (Å²) in [5, 5.41) is 5.59. The van der Waals surface area contributed by atoms with Gasteiger partial charge in [0.05, 0.1) is 4.83 Å². The summed E-state index contributed by atoms with van der Waals surface area (Å²) in [5.74, 6) is -1.23. The van der Waals surface area contributed by atoms with Gasteiger partial charge in [0.15, 0.2) is 0 Å². The Morgan fingerprint density at radius 2 is 1.54 bits per heavy atom. The molecular formula is C36H45BrN4O5. The number of carbonyl (C=O) groups is 5. The average Bonchev–Trinajstić information content (AvgIpc) is 3.20. The summed E-state index contributed by atoms with van der Waals surface area (Å²) in [6, 6.07) is 8.22. The van der Waals surface area contributed by atoms with Gasteiger partial charge in [-0.05, 0) is 63.4 Å². The van der Waals surface area contributed by atoms with Gasteiger partial charge in [-0.15, -0.1) is 0 Å². The first-order chi connectivity index (χ1) is 22.3. The van der Waals surface area contributed by atoms with E-state index in [2.05, 4.69) is 50.9 Å². The molecule has 2 heterocycles. The molecule has 0 aromatic heterocycles. The summed E-state index contributed by atoms with van der Waals surface area (Å²) in [6.07, 6.45) is 20.3. The summed E-state index contributed by atoms with van der Waals surface area (Å²) in [5.41, 5.74) is 1.98. The van der Waals surface area contributed by atoms with Gasteiger partial charge >= 0.3 is 0 Å². The lowest BCUT2D eigenvalue weighted by Crippen LogP contribution is -2.56. The number of imide groups is 1. The first-order valence-corrected chi connectivity index (χ1v) is 17.3. The zero-order chi connectivity index (χ0) is 32.9. The van der Waals surface area contributed by atoms with Crippen LogP contribution in [-0.4, -0.2) is 76.4 Å². The minimum atomic E-state index is -0.706. The lowest BCUT2D eigenvalue weighted by Gasteiger charge is -2.32. The van der Waals surface area contributed by atoms with E-state index in [4.69, 9.17) is 0 Å². The van der Waals surface area contributed by atoms with Crippen LogP contribution < -0.4 is 10.6 Å². The summed E-state index contributed by atoms with van der Waals surface area (Å²) >= 11 is 3.45. The van der Waals surface area contributed by atoms with Crippen LogP contribution in [0.15, 0.2) is 77.9 Å². The van der Waals surface area contributed by atoms with E-state index in [1.807, 2.05) is 42.5 Å². The first kappa shape index (κ1) is 35.1. The van der Waals surface area contributed by atoms with Crippen molar-refractivity contribution in [2.24, 2.45) is 0 Å². The van der Waals surface area contributed by atoms with Gasteiger partial charge in [-0.2, -0.15) is 0 Å². The van der Waals surface area contributed by atoms with E-state index in [1.54, 1.807) is 11.9 Å². The third-order valence-corrected chi connectivity index (χ3v) is 9.47. The molecule has 0 radical (unpaired) electrons. The van der Waals surface area contributed by atoms with Crippen LogP contribution in [0.1, 0.15) is 69.8 Å². The molecule has 46 heavy (non-hydrogen) atoms. The Labute approximate surface area is 280 Å². The predicted octanol–water partition coefficient (Wildman–Crippen LogP) is 4.68. The number of carbonyl (C=O) groups excluding carboxylic acids is 5. The molecule has 2 aliphatic carbocycles. The smallest absolute Gasteiger partial charge is 0.261 e. The monoisotopic (exact) mass is 692 g/mol. The number of likely N-dealkylation sites (tertiary alicyclic amines) is 2. The van der Waals surface area contributed by atoms with Crippen LogP contribution in [0, 0.1) is 0 Å². The molecule has 2 aliphatic heterocycles. The summed E-state index contributed by atoms with van der Waals surface area (Å²) in [7, 11) is 1.56. The molecule has 0 bridgehead atoms. The van der Waals surface area contributed by atoms with E-state index in [1.165, 1.54) is 17.7 Å². The number of alkyl halides is 1. The highest BCUT2D eigenvalue weighted by molar-refractivity contribution is 9.10. The van der Waals surface area contributed by atoms with Gasteiger partial charge in [-0.3, -0.25) is 28.9 Å². The van der Waals surface area contributed by atoms with Crippen molar-refractivity contribution in [3.63, 3.8) is 0 Å². The largest absolute Gasteiger partial charge is 0.357 e. The molecule has 2 fully saturated rings. The second-order valence-corrected chi connectivity index (χ2v) is 13.0. The van der Waals surface area contributed by atoms with E-state index in [9.17, 15) is 24.0 Å². The molecule has 1 aromatic rings. The van der Waals surface area contributed by atoms with E-state index in [0.717, 1.165) is 31.2 Å². The third-order valence-electron chi connectivity index (χ3n) is 8.60. The molecule has 2 saturated heterocycles. The van der Waals surface area contributed by atoms with Crippen molar-refractivity contribution >= 4 is 45.5 Å². The van der Waals surface area contributed by atoms with Crippen LogP contribution in [0.4, 0.5) is 0 Å². The molecule has 2 N–H and O–H groups in total. The number of amides is 5. The standard InChI is InChI=1S/C30H37BrN4O5.C6H8/c1-32-27(37)25(19-20-11-3-2-4-12-20)34-17-10-8-16-24(30(34)40)33-26(36)23(31)15-7-9-18-35-28(38)21-13-5-6-14-22(21)29(35)39;1-2-4-6-5-3-1/h2-4,11-14,23-25H,5-10,15-19H2,1H3,(H,32,37)(H,33,36);1-4H,5-6H2. The number of hydrogen-bond acceptors (Lipinski definition) is 5. The van der Waals surface area contributed by atoms with Crippen molar-refractivity contribution in [1.82, 2.24) is 20.4 Å². The second-order valence-electron chi connectivity index (χ2n) is 11.9. The van der Waals surface area contributed by atoms with Gasteiger partial charge in [0.25, 0.3) is 11.8 Å². The number of nitrogens with one attached hydrogen (secondary N) is 2. The molecule has 0 saturated carbocycles. The number of benzene rings is 1. The fourth-order valence-electron chi connectivity index (χ4n) is 6.05. The molecule has 9 nitrogen and oxygen atoms in total. The zero-order valence-corrected chi connectivity index (χ0v) is 28.2. The van der Waals surface area contributed by atoms with Crippen LogP contribution in [0.5, 0.6) is 0 Å². The lowest BCUT2D eigenvalue weighted by atomic mass is 10.0. The highest BCUT2D eigenvalue weighted by Crippen LogP contribution is 2.30.